The van der Waals surface area contributed by atoms with Crippen LogP contribution in [0, 0.1) is 10.1 Å². The van der Waals surface area contributed by atoms with Crippen molar-refractivity contribution in [2.24, 2.45) is 0 Å². The van der Waals surface area contributed by atoms with Crippen LogP contribution in [0.25, 0.3) is 0 Å². The minimum absolute atomic E-state index is 0.153. The highest BCUT2D eigenvalue weighted by molar-refractivity contribution is 6.09. The monoisotopic (exact) mass is 471 g/mol. The van der Waals surface area contributed by atoms with Crippen molar-refractivity contribution in [3.63, 3.8) is 0 Å². The molecule has 2 aromatic carbocycles. The summed E-state index contributed by atoms with van der Waals surface area (Å²) < 4.78 is 21.7. The molecule has 1 unspecified atom stereocenters. The van der Waals surface area contributed by atoms with E-state index in [0.29, 0.717) is 23.1 Å². The Hall–Kier alpha value is -3.30. The summed E-state index contributed by atoms with van der Waals surface area (Å²) in [6, 6.07) is 12.9. The third-order valence-corrected chi connectivity index (χ3v) is 5.66. The molecule has 34 heavy (non-hydrogen) atoms. The second kappa shape index (κ2) is 10.8. The molecule has 0 saturated carbocycles. The first-order valence-electron chi connectivity index (χ1n) is 11.0. The lowest BCUT2D eigenvalue weighted by atomic mass is 9.94. The van der Waals surface area contributed by atoms with Crippen LogP contribution >= 0.6 is 0 Å². The predicted octanol–water partition coefficient (Wildman–Crippen LogP) is 4.67. The number of rotatable bonds is 9. The number of methoxy groups -OCH3 is 1. The van der Waals surface area contributed by atoms with E-state index in [9.17, 15) is 19.7 Å². The van der Waals surface area contributed by atoms with E-state index in [0.717, 1.165) is 0 Å². The lowest BCUT2D eigenvalue weighted by Crippen LogP contribution is -2.31. The van der Waals surface area contributed by atoms with Gasteiger partial charge in [-0.2, -0.15) is 0 Å². The Labute approximate surface area is 198 Å². The van der Waals surface area contributed by atoms with Gasteiger partial charge in [0.05, 0.1) is 17.1 Å². The summed E-state index contributed by atoms with van der Waals surface area (Å²) in [7, 11) is 1.54. The second-order valence-corrected chi connectivity index (χ2v) is 8.92. The highest BCUT2D eigenvalue weighted by atomic mass is 16.7. The van der Waals surface area contributed by atoms with Crippen molar-refractivity contribution in [3.05, 3.63) is 75.3 Å². The number of nitrogens with zero attached hydrogens (tertiary/aromatic N) is 1. The summed E-state index contributed by atoms with van der Waals surface area (Å²) in [6.45, 7) is 5.59. The van der Waals surface area contributed by atoms with Crippen molar-refractivity contribution in [3.8, 4) is 0 Å². The van der Waals surface area contributed by atoms with Crippen molar-refractivity contribution >= 4 is 17.6 Å². The first-order valence-corrected chi connectivity index (χ1v) is 11.0. The van der Waals surface area contributed by atoms with E-state index in [1.54, 1.807) is 37.3 Å². The van der Waals surface area contributed by atoms with Crippen LogP contribution < -0.4 is 0 Å². The fourth-order valence-electron chi connectivity index (χ4n) is 4.03. The standard InChI is InChI=1S/C25H29NO8/c1-16(14-32-24(28)33-21-13-25(2,3)34-22(21)15-31-4)19-12-18(10-11-20(19)26(29)30)23(27)17-8-6-5-7-9-17/h5-12,16,21-22H,13-15H2,1-4H3/t16?,21-,22-/m1/s1. The third-order valence-electron chi connectivity index (χ3n) is 5.66. The highest BCUT2D eigenvalue weighted by Gasteiger charge is 2.43. The molecule has 1 fully saturated rings. The van der Waals surface area contributed by atoms with Crippen molar-refractivity contribution < 1.29 is 33.5 Å². The van der Waals surface area contributed by atoms with Gasteiger partial charge in [-0.3, -0.25) is 14.9 Å². The maximum atomic E-state index is 12.8. The van der Waals surface area contributed by atoms with Gasteiger partial charge in [0.25, 0.3) is 5.69 Å². The summed E-state index contributed by atoms with van der Waals surface area (Å²) >= 11 is 0. The van der Waals surface area contributed by atoms with Gasteiger partial charge in [-0.15, -0.1) is 0 Å². The summed E-state index contributed by atoms with van der Waals surface area (Å²) in [5, 5.41) is 11.6. The van der Waals surface area contributed by atoms with Gasteiger partial charge in [-0.25, -0.2) is 4.79 Å². The van der Waals surface area contributed by atoms with Gasteiger partial charge >= 0.3 is 6.16 Å². The molecule has 9 nitrogen and oxygen atoms in total. The van der Waals surface area contributed by atoms with E-state index < -0.39 is 34.8 Å². The predicted molar refractivity (Wildman–Crippen MR) is 123 cm³/mol. The molecule has 0 bridgehead atoms. The molecule has 0 spiro atoms. The van der Waals surface area contributed by atoms with Crippen molar-refractivity contribution in [1.82, 2.24) is 0 Å². The molecule has 0 aliphatic carbocycles. The molecule has 0 aromatic heterocycles. The van der Waals surface area contributed by atoms with Crippen molar-refractivity contribution in [2.75, 3.05) is 20.3 Å². The summed E-state index contributed by atoms with van der Waals surface area (Å²) in [5.41, 5.74) is 0.465. The minimum atomic E-state index is -0.890. The Bertz CT molecular complexity index is 1040. The number of nitro benzene ring substituents is 1. The Balaban J connectivity index is 1.69. The number of carbonyl (C=O) groups is 2. The molecule has 1 saturated heterocycles. The zero-order valence-corrected chi connectivity index (χ0v) is 19.7. The molecule has 1 aliphatic rings. The maximum absolute atomic E-state index is 12.8. The number of nitro groups is 1. The number of ether oxygens (including phenoxy) is 4. The van der Waals surface area contributed by atoms with Gasteiger partial charge in [-0.05, 0) is 26.0 Å². The topological polar surface area (TPSA) is 114 Å². The lowest BCUT2D eigenvalue weighted by molar-refractivity contribution is -0.385. The summed E-state index contributed by atoms with van der Waals surface area (Å²) in [6.07, 6.45) is -1.34. The van der Waals surface area contributed by atoms with Crippen LogP contribution in [0.15, 0.2) is 48.5 Å². The van der Waals surface area contributed by atoms with Crippen LogP contribution in [-0.4, -0.2) is 55.0 Å². The van der Waals surface area contributed by atoms with Gasteiger partial charge in [0.15, 0.2) is 5.78 Å². The number of benzene rings is 2. The van der Waals surface area contributed by atoms with Crippen LogP contribution in [0.3, 0.4) is 0 Å². The molecule has 1 heterocycles. The second-order valence-electron chi connectivity index (χ2n) is 8.92. The number of hydrogen-bond donors (Lipinski definition) is 0. The largest absolute Gasteiger partial charge is 0.508 e. The molecule has 2 aromatic rings. The van der Waals surface area contributed by atoms with E-state index in [1.165, 1.54) is 25.3 Å². The van der Waals surface area contributed by atoms with E-state index in [2.05, 4.69) is 0 Å². The smallest absolute Gasteiger partial charge is 0.434 e. The number of carbonyl (C=O) groups excluding carboxylic acids is 2. The van der Waals surface area contributed by atoms with Crippen LogP contribution in [-0.2, 0) is 18.9 Å². The first kappa shape index (κ1) is 25.3. The molecule has 3 atom stereocenters. The SMILES string of the molecule is COC[C@H]1OC(C)(C)C[C@H]1OC(=O)OCC(C)c1cc(C(=O)c2ccccc2)ccc1[N+](=O)[O-]. The van der Waals surface area contributed by atoms with Gasteiger partial charge in [0.1, 0.15) is 18.8 Å². The maximum Gasteiger partial charge on any atom is 0.508 e. The van der Waals surface area contributed by atoms with Crippen molar-refractivity contribution in [1.29, 1.82) is 0 Å². The molecule has 1 aliphatic heterocycles. The molecular weight excluding hydrogens is 442 g/mol. The number of hydrogen-bond acceptors (Lipinski definition) is 8. The summed E-state index contributed by atoms with van der Waals surface area (Å²) in [4.78, 5) is 36.2. The van der Waals surface area contributed by atoms with Gasteiger partial charge in [-0.1, -0.05) is 37.3 Å². The molecular formula is C25H29NO8. The molecule has 0 radical (unpaired) electrons. The van der Waals surface area contributed by atoms with E-state index >= 15 is 0 Å². The molecule has 182 valence electrons. The molecule has 9 heteroatoms. The third kappa shape index (κ3) is 6.18. The van der Waals surface area contributed by atoms with Crippen LogP contribution in [0.2, 0.25) is 0 Å². The normalized spacial score (nSPS) is 19.9. The Morgan fingerprint density at radius 3 is 2.53 bits per heavy atom. The zero-order valence-electron chi connectivity index (χ0n) is 19.7. The molecule has 3 rings (SSSR count). The van der Waals surface area contributed by atoms with Crippen LogP contribution in [0.4, 0.5) is 10.5 Å². The summed E-state index contributed by atoms with van der Waals surface area (Å²) in [5.74, 6) is -0.806. The van der Waals surface area contributed by atoms with Crippen molar-refractivity contribution in [2.45, 2.75) is 50.9 Å². The molecule has 0 amide bonds. The average Bonchev–Trinajstić information content (AvgIpc) is 3.09. The minimum Gasteiger partial charge on any atom is -0.434 e. The Morgan fingerprint density at radius 1 is 1.18 bits per heavy atom. The lowest BCUT2D eigenvalue weighted by Gasteiger charge is -2.19. The number of ketones is 1. The quantitative estimate of drug-likeness (QED) is 0.224. The fraction of sp³-hybridized carbons (Fsp3) is 0.440. The van der Waals surface area contributed by atoms with E-state index in [1.807, 2.05) is 13.8 Å². The Morgan fingerprint density at radius 2 is 1.88 bits per heavy atom. The average molecular weight is 472 g/mol. The van der Waals surface area contributed by atoms with Gasteiger partial charge in [0.2, 0.25) is 0 Å². The van der Waals surface area contributed by atoms with Gasteiger partial charge < -0.3 is 18.9 Å². The first-order chi connectivity index (χ1) is 16.1. The highest BCUT2D eigenvalue weighted by Crippen LogP contribution is 2.33. The molecule has 0 N–H and O–H groups in total. The fourth-order valence-corrected chi connectivity index (χ4v) is 4.03. The zero-order chi connectivity index (χ0) is 24.9. The van der Waals surface area contributed by atoms with Gasteiger partial charge in [0, 0.05) is 42.2 Å². The Kier molecular flexibility index (Phi) is 8.01. The van der Waals surface area contributed by atoms with E-state index in [4.69, 9.17) is 18.9 Å². The van der Waals surface area contributed by atoms with E-state index in [-0.39, 0.29) is 24.7 Å². The van der Waals surface area contributed by atoms with Crippen LogP contribution in [0.5, 0.6) is 0 Å². The van der Waals surface area contributed by atoms with Crippen LogP contribution in [0.1, 0.15) is 54.6 Å².